The van der Waals surface area contributed by atoms with Crippen molar-refractivity contribution in [1.29, 1.82) is 0 Å². The van der Waals surface area contributed by atoms with Gasteiger partial charge in [-0.3, -0.25) is 0 Å². The Morgan fingerprint density at radius 1 is 1.30 bits per heavy atom. The second-order valence-corrected chi connectivity index (χ2v) is 6.56. The standard InChI is InChI=1S/C19H31N3S/c1-6-7-8-11-21-17(4)14-23-22-19-10-9-18(12-15(19)2)13-16(3)20-5/h9-10,12-13,20-22H,4,6-8,11,14H2,1-3,5H3/b16-13-. The van der Waals surface area contributed by atoms with Crippen LogP contribution in [0.3, 0.4) is 0 Å². The molecule has 0 saturated heterocycles. The molecule has 0 aromatic heterocycles. The van der Waals surface area contributed by atoms with Crippen molar-refractivity contribution < 1.29 is 0 Å². The molecule has 0 aliphatic heterocycles. The highest BCUT2D eigenvalue weighted by molar-refractivity contribution is 8.00. The highest BCUT2D eigenvalue weighted by Crippen LogP contribution is 2.21. The van der Waals surface area contributed by atoms with Crippen LogP contribution in [0.4, 0.5) is 5.69 Å². The molecule has 0 amide bonds. The van der Waals surface area contributed by atoms with Crippen molar-refractivity contribution in [3.63, 3.8) is 0 Å². The Labute approximate surface area is 146 Å². The molecule has 128 valence electrons. The van der Waals surface area contributed by atoms with E-state index < -0.39 is 0 Å². The summed E-state index contributed by atoms with van der Waals surface area (Å²) >= 11 is 1.68. The van der Waals surface area contributed by atoms with Crippen LogP contribution >= 0.6 is 11.9 Å². The lowest BCUT2D eigenvalue weighted by Crippen LogP contribution is -2.15. The summed E-state index contributed by atoms with van der Waals surface area (Å²) in [5.41, 5.74) is 5.86. The second-order valence-electron chi connectivity index (χ2n) is 5.78. The van der Waals surface area contributed by atoms with Gasteiger partial charge in [0, 0.05) is 30.7 Å². The van der Waals surface area contributed by atoms with E-state index in [1.54, 1.807) is 11.9 Å². The van der Waals surface area contributed by atoms with E-state index in [-0.39, 0.29) is 0 Å². The number of rotatable bonds is 11. The molecule has 1 aromatic carbocycles. The van der Waals surface area contributed by atoms with E-state index in [1.165, 1.54) is 30.4 Å². The molecule has 3 N–H and O–H groups in total. The smallest absolute Gasteiger partial charge is 0.0525 e. The molecule has 0 heterocycles. The van der Waals surface area contributed by atoms with Gasteiger partial charge in [-0.2, -0.15) is 0 Å². The summed E-state index contributed by atoms with van der Waals surface area (Å²) in [6.07, 6.45) is 5.89. The number of unbranched alkanes of at least 4 members (excludes halogenated alkanes) is 2. The first kappa shape index (κ1) is 19.5. The molecule has 0 aliphatic rings. The average molecular weight is 334 g/mol. The van der Waals surface area contributed by atoms with Gasteiger partial charge in [0.05, 0.1) is 5.75 Å². The first-order valence-corrected chi connectivity index (χ1v) is 9.31. The Morgan fingerprint density at radius 2 is 2.09 bits per heavy atom. The van der Waals surface area contributed by atoms with Crippen LogP contribution in [0.15, 0.2) is 36.2 Å². The highest BCUT2D eigenvalue weighted by atomic mass is 32.2. The van der Waals surface area contributed by atoms with E-state index in [4.69, 9.17) is 0 Å². The number of aryl methyl sites for hydroxylation is 1. The van der Waals surface area contributed by atoms with Crippen LogP contribution < -0.4 is 15.4 Å². The van der Waals surface area contributed by atoms with Gasteiger partial charge in [0.1, 0.15) is 0 Å². The molecule has 0 radical (unpaired) electrons. The van der Waals surface area contributed by atoms with Crippen molar-refractivity contribution in [2.24, 2.45) is 0 Å². The maximum absolute atomic E-state index is 4.08. The van der Waals surface area contributed by atoms with Crippen LogP contribution in [-0.4, -0.2) is 19.3 Å². The summed E-state index contributed by atoms with van der Waals surface area (Å²) in [4.78, 5) is 0. The van der Waals surface area contributed by atoms with Gasteiger partial charge >= 0.3 is 0 Å². The highest BCUT2D eigenvalue weighted by Gasteiger charge is 2.00. The number of anilines is 1. The zero-order valence-electron chi connectivity index (χ0n) is 15.0. The molecule has 3 nitrogen and oxygen atoms in total. The van der Waals surface area contributed by atoms with Crippen LogP contribution in [0.25, 0.3) is 6.08 Å². The van der Waals surface area contributed by atoms with Crippen LogP contribution in [0.1, 0.15) is 44.2 Å². The van der Waals surface area contributed by atoms with E-state index in [0.717, 1.165) is 29.4 Å². The average Bonchev–Trinajstić information content (AvgIpc) is 2.53. The molecular weight excluding hydrogens is 302 g/mol. The van der Waals surface area contributed by atoms with Gasteiger partial charge in [-0.15, -0.1) is 0 Å². The molecule has 0 saturated carbocycles. The monoisotopic (exact) mass is 333 g/mol. The molecular formula is C19H31N3S. The van der Waals surface area contributed by atoms with Gasteiger partial charge < -0.3 is 15.4 Å². The third-order valence-electron chi connectivity index (χ3n) is 3.61. The van der Waals surface area contributed by atoms with Crippen LogP contribution in [-0.2, 0) is 0 Å². The Balaban J connectivity index is 2.39. The Morgan fingerprint density at radius 3 is 2.74 bits per heavy atom. The number of allylic oxidation sites excluding steroid dienone is 1. The number of hydrogen-bond donors (Lipinski definition) is 3. The maximum Gasteiger partial charge on any atom is 0.0525 e. The number of benzene rings is 1. The van der Waals surface area contributed by atoms with E-state index in [2.05, 4.69) is 67.0 Å². The quantitative estimate of drug-likeness (QED) is 0.396. The Bertz CT molecular complexity index is 523. The fourth-order valence-electron chi connectivity index (χ4n) is 2.11. The molecule has 1 rings (SSSR count). The topological polar surface area (TPSA) is 36.1 Å². The van der Waals surface area contributed by atoms with Gasteiger partial charge in [-0.25, -0.2) is 0 Å². The lowest BCUT2D eigenvalue weighted by molar-refractivity contribution is 0.669. The maximum atomic E-state index is 4.08. The molecule has 0 fully saturated rings. The normalized spacial score (nSPS) is 11.2. The summed E-state index contributed by atoms with van der Waals surface area (Å²) in [6.45, 7) is 11.5. The summed E-state index contributed by atoms with van der Waals surface area (Å²) in [7, 11) is 1.94. The SMILES string of the molecule is C=C(CSNc1ccc(/C=C(/C)NC)cc1C)NCCCCC. The molecule has 0 atom stereocenters. The molecule has 0 unspecified atom stereocenters. The van der Waals surface area contributed by atoms with E-state index >= 15 is 0 Å². The zero-order chi connectivity index (χ0) is 17.1. The second kappa shape index (κ2) is 11.1. The first-order valence-electron chi connectivity index (χ1n) is 8.33. The van der Waals surface area contributed by atoms with Crippen molar-refractivity contribution in [3.8, 4) is 0 Å². The van der Waals surface area contributed by atoms with Gasteiger partial charge in [0.2, 0.25) is 0 Å². The summed E-state index contributed by atoms with van der Waals surface area (Å²) in [5.74, 6) is 0.867. The summed E-state index contributed by atoms with van der Waals surface area (Å²) in [6, 6.07) is 6.46. The predicted molar refractivity (Wildman–Crippen MR) is 107 cm³/mol. The largest absolute Gasteiger partial charge is 0.392 e. The minimum Gasteiger partial charge on any atom is -0.392 e. The van der Waals surface area contributed by atoms with E-state index in [1.807, 2.05) is 7.05 Å². The fourth-order valence-corrected chi connectivity index (χ4v) is 2.84. The lowest BCUT2D eigenvalue weighted by atomic mass is 10.1. The Hall–Kier alpha value is -1.55. The molecule has 0 spiro atoms. The van der Waals surface area contributed by atoms with Gasteiger partial charge in [-0.05, 0) is 61.6 Å². The van der Waals surface area contributed by atoms with Crippen LogP contribution in [0.5, 0.6) is 0 Å². The van der Waals surface area contributed by atoms with Crippen molar-refractivity contribution in [1.82, 2.24) is 10.6 Å². The molecule has 0 aliphatic carbocycles. The van der Waals surface area contributed by atoms with E-state index in [9.17, 15) is 0 Å². The third-order valence-corrected chi connectivity index (χ3v) is 4.47. The summed E-state index contributed by atoms with van der Waals surface area (Å²) < 4.78 is 3.42. The minimum atomic E-state index is 0.867. The van der Waals surface area contributed by atoms with Crippen molar-refractivity contribution in [3.05, 3.63) is 47.3 Å². The fraction of sp³-hybridized carbons (Fsp3) is 0.474. The van der Waals surface area contributed by atoms with Gasteiger partial charge in [0.25, 0.3) is 0 Å². The van der Waals surface area contributed by atoms with Crippen molar-refractivity contribution in [2.75, 3.05) is 24.1 Å². The number of nitrogens with one attached hydrogen (secondary N) is 3. The minimum absolute atomic E-state index is 0.867. The Kier molecular flexibility index (Phi) is 9.37. The first-order chi connectivity index (χ1) is 11.1. The number of hydrogen-bond acceptors (Lipinski definition) is 4. The predicted octanol–water partition coefficient (Wildman–Crippen LogP) is 4.93. The summed E-state index contributed by atoms with van der Waals surface area (Å²) in [5, 5.41) is 6.53. The van der Waals surface area contributed by atoms with Gasteiger partial charge in [0.15, 0.2) is 0 Å². The molecule has 1 aromatic rings. The van der Waals surface area contributed by atoms with Crippen molar-refractivity contribution >= 4 is 23.7 Å². The molecule has 4 heteroatoms. The third kappa shape index (κ3) is 8.03. The lowest BCUT2D eigenvalue weighted by Gasteiger charge is -2.12. The zero-order valence-corrected chi connectivity index (χ0v) is 15.8. The molecule has 0 bridgehead atoms. The van der Waals surface area contributed by atoms with Crippen LogP contribution in [0.2, 0.25) is 0 Å². The van der Waals surface area contributed by atoms with Crippen molar-refractivity contribution in [2.45, 2.75) is 40.0 Å². The molecule has 23 heavy (non-hydrogen) atoms. The van der Waals surface area contributed by atoms with E-state index in [0.29, 0.717) is 0 Å². The van der Waals surface area contributed by atoms with Gasteiger partial charge in [-0.1, -0.05) is 32.4 Å². The van der Waals surface area contributed by atoms with Crippen LogP contribution in [0, 0.1) is 6.92 Å².